The van der Waals surface area contributed by atoms with Gasteiger partial charge in [-0.05, 0) is 49.9 Å². The summed E-state index contributed by atoms with van der Waals surface area (Å²) in [5.74, 6) is 1.08. The van der Waals surface area contributed by atoms with Crippen molar-refractivity contribution in [2.45, 2.75) is 26.1 Å². The van der Waals surface area contributed by atoms with E-state index < -0.39 is 0 Å². The van der Waals surface area contributed by atoms with Gasteiger partial charge in [-0.1, -0.05) is 23.7 Å². The Morgan fingerprint density at radius 3 is 2.74 bits per heavy atom. The van der Waals surface area contributed by atoms with E-state index >= 15 is 0 Å². The van der Waals surface area contributed by atoms with Gasteiger partial charge in [0.15, 0.2) is 5.17 Å². The number of carbonyl (C=O) groups excluding carboxylic acids is 1. The van der Waals surface area contributed by atoms with Gasteiger partial charge in [-0.2, -0.15) is 4.99 Å². The maximum absolute atomic E-state index is 12.3. The van der Waals surface area contributed by atoms with E-state index in [4.69, 9.17) is 20.8 Å². The highest BCUT2D eigenvalue weighted by atomic mass is 35.5. The molecule has 2 aliphatic heterocycles. The fraction of sp³-hybridized carbons (Fsp3) is 0.300. The van der Waals surface area contributed by atoms with Crippen LogP contribution in [-0.2, 0) is 9.53 Å². The molecule has 0 radical (unpaired) electrons. The van der Waals surface area contributed by atoms with E-state index in [2.05, 4.69) is 9.89 Å². The molecule has 27 heavy (non-hydrogen) atoms. The van der Waals surface area contributed by atoms with Crippen LogP contribution in [0.4, 0.5) is 0 Å². The van der Waals surface area contributed by atoms with E-state index in [-0.39, 0.29) is 18.1 Å². The molecule has 1 aromatic carbocycles. The van der Waals surface area contributed by atoms with Crippen molar-refractivity contribution in [3.63, 3.8) is 0 Å². The number of benzene rings is 1. The first kappa shape index (κ1) is 18.3. The number of thioether (sulfide) groups is 1. The van der Waals surface area contributed by atoms with E-state index in [9.17, 15) is 4.79 Å². The number of hydrogen-bond donors (Lipinski definition) is 0. The molecule has 5 nitrogen and oxygen atoms in total. The molecule has 2 atom stereocenters. The third-order valence-corrected chi connectivity index (χ3v) is 5.59. The zero-order chi connectivity index (χ0) is 19.0. The number of hydrogen-bond acceptors (Lipinski definition) is 5. The Labute approximate surface area is 167 Å². The minimum Gasteiger partial charge on any atom is -0.457 e. The molecule has 3 heterocycles. The molecule has 0 bridgehead atoms. The second-order valence-electron chi connectivity index (χ2n) is 6.68. The summed E-state index contributed by atoms with van der Waals surface area (Å²) in [6, 6.07) is 11.2. The number of nitrogens with zero attached hydrogens (tertiary/aromatic N) is 2. The lowest BCUT2D eigenvalue weighted by atomic mass is 10.2. The Bertz CT molecular complexity index is 927. The third-order valence-electron chi connectivity index (χ3n) is 4.31. The Hall–Kier alpha value is -2.02. The fourth-order valence-corrected chi connectivity index (χ4v) is 4.33. The fourth-order valence-electron chi connectivity index (χ4n) is 3.22. The molecular weight excluding hydrogens is 384 g/mol. The average molecular weight is 403 g/mol. The van der Waals surface area contributed by atoms with Crippen LogP contribution >= 0.6 is 23.4 Å². The second-order valence-corrected chi connectivity index (χ2v) is 8.13. The largest absolute Gasteiger partial charge is 0.457 e. The number of ether oxygens (including phenoxy) is 1. The number of amides is 1. The maximum Gasteiger partial charge on any atom is 0.286 e. The van der Waals surface area contributed by atoms with Crippen LogP contribution in [0.2, 0.25) is 5.02 Å². The molecule has 0 N–H and O–H groups in total. The van der Waals surface area contributed by atoms with Crippen molar-refractivity contribution < 1.29 is 13.9 Å². The van der Waals surface area contributed by atoms with Gasteiger partial charge in [0.1, 0.15) is 11.5 Å². The Morgan fingerprint density at radius 1 is 1.22 bits per heavy atom. The zero-order valence-electron chi connectivity index (χ0n) is 15.0. The van der Waals surface area contributed by atoms with Crippen molar-refractivity contribution in [1.82, 2.24) is 4.90 Å². The lowest BCUT2D eigenvalue weighted by Gasteiger charge is -2.35. The monoisotopic (exact) mass is 402 g/mol. The quantitative estimate of drug-likeness (QED) is 0.682. The highest BCUT2D eigenvalue weighted by Crippen LogP contribution is 2.33. The van der Waals surface area contributed by atoms with E-state index in [1.807, 2.05) is 50.2 Å². The van der Waals surface area contributed by atoms with Crippen molar-refractivity contribution in [2.75, 3.05) is 13.1 Å². The number of furan rings is 1. The first-order valence-corrected chi connectivity index (χ1v) is 9.96. The van der Waals surface area contributed by atoms with Gasteiger partial charge in [-0.3, -0.25) is 4.79 Å². The normalized spacial score (nSPS) is 24.6. The van der Waals surface area contributed by atoms with Crippen LogP contribution in [0.3, 0.4) is 0 Å². The molecular formula is C20H19ClN2O3S. The van der Waals surface area contributed by atoms with Crippen LogP contribution in [0.15, 0.2) is 50.7 Å². The number of rotatable bonds is 2. The summed E-state index contributed by atoms with van der Waals surface area (Å²) < 4.78 is 11.6. The first-order valence-electron chi connectivity index (χ1n) is 8.76. The minimum atomic E-state index is -0.234. The SMILES string of the molecule is C[C@H]1CN(C2=NC(=O)/C(=C\c3ccc(-c4cccc(Cl)c4)o3)S2)C[C@H](C)O1. The molecule has 0 aliphatic carbocycles. The Morgan fingerprint density at radius 2 is 2.00 bits per heavy atom. The summed E-state index contributed by atoms with van der Waals surface area (Å²) >= 11 is 7.42. The smallest absolute Gasteiger partial charge is 0.286 e. The molecule has 0 unspecified atom stereocenters. The summed E-state index contributed by atoms with van der Waals surface area (Å²) in [6.45, 7) is 5.52. The highest BCUT2D eigenvalue weighted by Gasteiger charge is 2.31. The van der Waals surface area contributed by atoms with Gasteiger partial charge in [0.05, 0.1) is 17.1 Å². The predicted octanol–water partition coefficient (Wildman–Crippen LogP) is 4.68. The van der Waals surface area contributed by atoms with E-state index in [0.717, 1.165) is 23.8 Å². The Kier molecular flexibility index (Phi) is 5.12. The van der Waals surface area contributed by atoms with Crippen molar-refractivity contribution in [2.24, 2.45) is 4.99 Å². The number of halogens is 1. The molecule has 2 aromatic rings. The van der Waals surface area contributed by atoms with Gasteiger partial charge in [-0.15, -0.1) is 0 Å². The molecule has 1 aromatic heterocycles. The number of morpholine rings is 1. The summed E-state index contributed by atoms with van der Waals surface area (Å²) in [5.41, 5.74) is 0.894. The number of aliphatic imine (C=N–C) groups is 1. The van der Waals surface area contributed by atoms with Crippen LogP contribution < -0.4 is 0 Å². The van der Waals surface area contributed by atoms with Crippen LogP contribution in [0, 0.1) is 0 Å². The predicted molar refractivity (Wildman–Crippen MR) is 109 cm³/mol. The number of carbonyl (C=O) groups is 1. The average Bonchev–Trinajstić information content (AvgIpc) is 3.22. The molecule has 2 aliphatic rings. The van der Waals surface area contributed by atoms with Crippen LogP contribution in [0.1, 0.15) is 19.6 Å². The molecule has 4 rings (SSSR count). The zero-order valence-corrected chi connectivity index (χ0v) is 16.6. The molecule has 1 amide bonds. The van der Waals surface area contributed by atoms with Crippen molar-refractivity contribution >= 4 is 40.5 Å². The van der Waals surface area contributed by atoms with Gasteiger partial charge in [0, 0.05) is 29.8 Å². The standard InChI is InChI=1S/C20H19ClN2O3S/c1-12-10-23(11-13(2)25-12)20-22-19(24)18(27-20)9-16-6-7-17(26-16)14-4-3-5-15(21)8-14/h3-9,12-13H,10-11H2,1-2H3/b18-9+/t12-,13-/m0/s1. The summed E-state index contributed by atoms with van der Waals surface area (Å²) in [5, 5.41) is 1.38. The summed E-state index contributed by atoms with van der Waals surface area (Å²) in [7, 11) is 0. The first-order chi connectivity index (χ1) is 13.0. The van der Waals surface area contributed by atoms with Crippen LogP contribution in [-0.4, -0.2) is 41.3 Å². The Balaban J connectivity index is 1.50. The summed E-state index contributed by atoms with van der Waals surface area (Å²) in [4.78, 5) is 19.2. The van der Waals surface area contributed by atoms with Crippen LogP contribution in [0.5, 0.6) is 0 Å². The molecule has 0 spiro atoms. The van der Waals surface area contributed by atoms with Crippen LogP contribution in [0.25, 0.3) is 17.4 Å². The van der Waals surface area contributed by atoms with Gasteiger partial charge in [0.25, 0.3) is 5.91 Å². The summed E-state index contributed by atoms with van der Waals surface area (Å²) in [6.07, 6.45) is 1.97. The molecule has 1 saturated heterocycles. The number of amidine groups is 1. The highest BCUT2D eigenvalue weighted by molar-refractivity contribution is 8.18. The molecule has 0 saturated carbocycles. The van der Waals surface area contributed by atoms with E-state index in [0.29, 0.717) is 21.4 Å². The third kappa shape index (κ3) is 4.13. The minimum absolute atomic E-state index is 0.116. The maximum atomic E-state index is 12.3. The van der Waals surface area contributed by atoms with Crippen molar-refractivity contribution in [1.29, 1.82) is 0 Å². The van der Waals surface area contributed by atoms with E-state index in [1.165, 1.54) is 11.8 Å². The van der Waals surface area contributed by atoms with Crippen molar-refractivity contribution in [3.8, 4) is 11.3 Å². The second kappa shape index (κ2) is 7.54. The molecule has 1 fully saturated rings. The van der Waals surface area contributed by atoms with Gasteiger partial charge in [-0.25, -0.2) is 0 Å². The van der Waals surface area contributed by atoms with Gasteiger partial charge < -0.3 is 14.1 Å². The van der Waals surface area contributed by atoms with Crippen molar-refractivity contribution in [3.05, 3.63) is 52.1 Å². The molecule has 7 heteroatoms. The molecule has 140 valence electrons. The topological polar surface area (TPSA) is 55.0 Å². The lowest BCUT2D eigenvalue weighted by Crippen LogP contribution is -2.47. The van der Waals surface area contributed by atoms with Gasteiger partial charge in [0.2, 0.25) is 0 Å². The van der Waals surface area contributed by atoms with E-state index in [1.54, 1.807) is 6.08 Å². The lowest BCUT2D eigenvalue weighted by molar-refractivity contribution is -0.113. The van der Waals surface area contributed by atoms with Gasteiger partial charge >= 0.3 is 0 Å².